The number of amides is 2. The van der Waals surface area contributed by atoms with Gasteiger partial charge in [0.1, 0.15) is 0 Å². The summed E-state index contributed by atoms with van der Waals surface area (Å²) in [5.41, 5.74) is 2.62. The second-order valence-electron chi connectivity index (χ2n) is 7.35. The highest BCUT2D eigenvalue weighted by atomic mass is 35.5. The minimum Gasteiger partial charge on any atom is -0.355 e. The Hall–Kier alpha value is -3.06. The fraction of sp³-hybridized carbons (Fsp3) is 0.348. The van der Waals surface area contributed by atoms with Gasteiger partial charge in [0.25, 0.3) is 5.91 Å². The number of carbonyl (C=O) groups excluding carboxylic acids is 2. The van der Waals surface area contributed by atoms with E-state index in [2.05, 4.69) is 20.5 Å². The first-order valence-corrected chi connectivity index (χ1v) is 10.7. The van der Waals surface area contributed by atoms with Gasteiger partial charge >= 0.3 is 0 Å². The second kappa shape index (κ2) is 10.8. The van der Waals surface area contributed by atoms with Crippen molar-refractivity contribution < 1.29 is 9.59 Å². The first-order valence-electron chi connectivity index (χ1n) is 10.3. The molecule has 8 heteroatoms. The van der Waals surface area contributed by atoms with E-state index < -0.39 is 0 Å². The Morgan fingerprint density at radius 3 is 2.29 bits per heavy atom. The first kappa shape index (κ1) is 22.6. The average Bonchev–Trinajstić information content (AvgIpc) is 2.79. The number of halogens is 1. The van der Waals surface area contributed by atoms with Gasteiger partial charge in [-0.15, -0.1) is 0 Å². The quantitative estimate of drug-likeness (QED) is 0.550. The molecule has 0 bridgehead atoms. The van der Waals surface area contributed by atoms with E-state index in [1.165, 1.54) is 0 Å². The lowest BCUT2D eigenvalue weighted by molar-refractivity contribution is -0.131. The van der Waals surface area contributed by atoms with Gasteiger partial charge in [-0.2, -0.15) is 0 Å². The number of aliphatic imine (C=N–C) groups is 1. The minimum absolute atomic E-state index is 0.0990. The second-order valence-corrected chi connectivity index (χ2v) is 7.79. The first-order chi connectivity index (χ1) is 15.0. The molecule has 0 atom stereocenters. The number of guanidine groups is 1. The van der Waals surface area contributed by atoms with Crippen LogP contribution in [0.4, 0.5) is 0 Å². The minimum atomic E-state index is -0.0990. The standard InChI is InChI=1S/C23H28ClN5O2/c1-25-22(31)19-8-6-17(7-9-19)16-27-23(26-2)29-12-10-28(11-13-29)21(30)15-18-4-3-5-20(24)14-18/h3-9,14H,10-13,15-16H2,1-2H3,(H,25,31)(H,26,27). The van der Waals surface area contributed by atoms with Crippen molar-refractivity contribution >= 4 is 29.4 Å². The molecule has 164 valence electrons. The van der Waals surface area contributed by atoms with Crippen molar-refractivity contribution in [2.75, 3.05) is 40.3 Å². The number of nitrogens with one attached hydrogen (secondary N) is 2. The molecule has 0 radical (unpaired) electrons. The fourth-order valence-electron chi connectivity index (χ4n) is 3.53. The van der Waals surface area contributed by atoms with Gasteiger partial charge in [0.15, 0.2) is 5.96 Å². The summed E-state index contributed by atoms with van der Waals surface area (Å²) in [6.07, 6.45) is 0.361. The number of nitrogens with zero attached hydrogens (tertiary/aromatic N) is 3. The van der Waals surface area contributed by atoms with Crippen LogP contribution in [0.3, 0.4) is 0 Å². The molecule has 0 unspecified atom stereocenters. The van der Waals surface area contributed by atoms with Crippen LogP contribution in [-0.4, -0.2) is 67.8 Å². The van der Waals surface area contributed by atoms with Crippen LogP contribution in [0.15, 0.2) is 53.5 Å². The highest BCUT2D eigenvalue weighted by Crippen LogP contribution is 2.13. The summed E-state index contributed by atoms with van der Waals surface area (Å²) in [5.74, 6) is 0.816. The van der Waals surface area contributed by atoms with E-state index in [9.17, 15) is 9.59 Å². The van der Waals surface area contributed by atoms with E-state index in [0.29, 0.717) is 36.6 Å². The van der Waals surface area contributed by atoms with Gasteiger partial charge in [0, 0.05) is 57.4 Å². The van der Waals surface area contributed by atoms with Crippen molar-refractivity contribution in [1.82, 2.24) is 20.4 Å². The predicted molar refractivity (Wildman–Crippen MR) is 123 cm³/mol. The lowest BCUT2D eigenvalue weighted by Gasteiger charge is -2.36. The average molecular weight is 442 g/mol. The summed E-state index contributed by atoms with van der Waals surface area (Å²) in [6.45, 7) is 3.35. The monoisotopic (exact) mass is 441 g/mol. The molecule has 2 aromatic carbocycles. The van der Waals surface area contributed by atoms with E-state index in [0.717, 1.165) is 30.2 Å². The van der Waals surface area contributed by atoms with Crippen molar-refractivity contribution in [3.8, 4) is 0 Å². The number of piperazine rings is 1. The highest BCUT2D eigenvalue weighted by Gasteiger charge is 2.23. The van der Waals surface area contributed by atoms with Crippen LogP contribution >= 0.6 is 11.6 Å². The van der Waals surface area contributed by atoms with E-state index in [1.807, 2.05) is 53.4 Å². The molecular formula is C23H28ClN5O2. The third kappa shape index (κ3) is 6.21. The molecule has 2 amide bonds. The molecule has 0 spiro atoms. The normalized spacial score (nSPS) is 14.4. The van der Waals surface area contributed by atoms with Crippen LogP contribution in [0.25, 0.3) is 0 Å². The summed E-state index contributed by atoms with van der Waals surface area (Å²) in [6, 6.07) is 14.9. The molecule has 0 aliphatic carbocycles. The molecule has 7 nitrogen and oxygen atoms in total. The van der Waals surface area contributed by atoms with Crippen molar-refractivity contribution in [2.24, 2.45) is 4.99 Å². The van der Waals surface area contributed by atoms with Gasteiger partial charge in [-0.1, -0.05) is 35.9 Å². The Bertz CT molecular complexity index is 937. The molecule has 0 aromatic heterocycles. The smallest absolute Gasteiger partial charge is 0.251 e. The van der Waals surface area contributed by atoms with Gasteiger partial charge in [0.2, 0.25) is 5.91 Å². The Labute approximate surface area is 188 Å². The predicted octanol–water partition coefficient (Wildman–Crippen LogP) is 2.16. The van der Waals surface area contributed by atoms with Gasteiger partial charge in [-0.05, 0) is 35.4 Å². The molecule has 3 rings (SSSR count). The summed E-state index contributed by atoms with van der Waals surface area (Å²) in [5, 5.41) is 6.63. The molecule has 2 aromatic rings. The van der Waals surface area contributed by atoms with E-state index in [1.54, 1.807) is 14.1 Å². The van der Waals surface area contributed by atoms with Crippen LogP contribution in [0.2, 0.25) is 5.02 Å². The van der Waals surface area contributed by atoms with Crippen LogP contribution in [0.5, 0.6) is 0 Å². The molecule has 31 heavy (non-hydrogen) atoms. The van der Waals surface area contributed by atoms with Gasteiger partial charge < -0.3 is 20.4 Å². The zero-order chi connectivity index (χ0) is 22.2. The van der Waals surface area contributed by atoms with Crippen LogP contribution in [-0.2, 0) is 17.8 Å². The Morgan fingerprint density at radius 2 is 1.68 bits per heavy atom. The topological polar surface area (TPSA) is 77.0 Å². The van der Waals surface area contributed by atoms with Gasteiger partial charge in [0.05, 0.1) is 6.42 Å². The van der Waals surface area contributed by atoms with Crippen molar-refractivity contribution in [2.45, 2.75) is 13.0 Å². The summed E-state index contributed by atoms with van der Waals surface area (Å²) >= 11 is 6.02. The zero-order valence-electron chi connectivity index (χ0n) is 17.9. The third-order valence-electron chi connectivity index (χ3n) is 5.28. The Kier molecular flexibility index (Phi) is 7.89. The van der Waals surface area contributed by atoms with Crippen LogP contribution < -0.4 is 10.6 Å². The lowest BCUT2D eigenvalue weighted by Crippen LogP contribution is -2.53. The highest BCUT2D eigenvalue weighted by molar-refractivity contribution is 6.30. The fourth-order valence-corrected chi connectivity index (χ4v) is 3.75. The maximum Gasteiger partial charge on any atom is 0.251 e. The Balaban J connectivity index is 1.48. The Morgan fingerprint density at radius 1 is 1.00 bits per heavy atom. The summed E-state index contributed by atoms with van der Waals surface area (Å²) < 4.78 is 0. The number of rotatable bonds is 5. The van der Waals surface area contributed by atoms with Gasteiger partial charge in [-0.25, -0.2) is 0 Å². The molecular weight excluding hydrogens is 414 g/mol. The summed E-state index contributed by atoms with van der Waals surface area (Å²) in [7, 11) is 3.38. The molecule has 1 fully saturated rings. The van der Waals surface area contributed by atoms with Crippen LogP contribution in [0.1, 0.15) is 21.5 Å². The van der Waals surface area contributed by atoms with E-state index in [-0.39, 0.29) is 11.8 Å². The number of hydrogen-bond acceptors (Lipinski definition) is 3. The van der Waals surface area contributed by atoms with E-state index >= 15 is 0 Å². The van der Waals surface area contributed by atoms with Crippen LogP contribution in [0, 0.1) is 0 Å². The largest absolute Gasteiger partial charge is 0.355 e. The lowest BCUT2D eigenvalue weighted by atomic mass is 10.1. The number of hydrogen-bond donors (Lipinski definition) is 2. The molecule has 1 saturated heterocycles. The van der Waals surface area contributed by atoms with Crippen molar-refractivity contribution in [3.63, 3.8) is 0 Å². The SMILES string of the molecule is CN=C(NCc1ccc(C(=O)NC)cc1)N1CCN(C(=O)Cc2cccc(Cl)c2)CC1. The third-order valence-corrected chi connectivity index (χ3v) is 5.52. The molecule has 2 N–H and O–H groups in total. The molecule has 1 aliphatic heterocycles. The molecule has 1 heterocycles. The number of benzene rings is 2. The van der Waals surface area contributed by atoms with E-state index in [4.69, 9.17) is 11.6 Å². The molecule has 0 saturated carbocycles. The maximum absolute atomic E-state index is 12.6. The van der Waals surface area contributed by atoms with Gasteiger partial charge in [-0.3, -0.25) is 14.6 Å². The molecule has 1 aliphatic rings. The number of carbonyl (C=O) groups is 2. The zero-order valence-corrected chi connectivity index (χ0v) is 18.7. The summed E-state index contributed by atoms with van der Waals surface area (Å²) in [4.78, 5) is 32.7. The van der Waals surface area contributed by atoms with Crippen molar-refractivity contribution in [1.29, 1.82) is 0 Å². The van der Waals surface area contributed by atoms with Crippen molar-refractivity contribution in [3.05, 3.63) is 70.2 Å². The maximum atomic E-state index is 12.6.